The maximum atomic E-state index is 12.6. The third kappa shape index (κ3) is 5.91. The highest BCUT2D eigenvalue weighted by Gasteiger charge is 2.32. The van der Waals surface area contributed by atoms with Crippen molar-refractivity contribution in [1.82, 2.24) is 24.8 Å². The summed E-state index contributed by atoms with van der Waals surface area (Å²) >= 11 is 6.30. The van der Waals surface area contributed by atoms with Crippen LogP contribution in [0.1, 0.15) is 33.6 Å². The van der Waals surface area contributed by atoms with E-state index in [2.05, 4.69) is 25.3 Å². The van der Waals surface area contributed by atoms with Gasteiger partial charge in [0.25, 0.3) is 5.88 Å². The Balaban J connectivity index is 1.55. The molecule has 10 heteroatoms. The van der Waals surface area contributed by atoms with Crippen LogP contribution in [0.15, 0.2) is 49.2 Å². The molecule has 178 valence electrons. The number of nitrogens with zero attached hydrogens (tertiary/aromatic N) is 5. The molecule has 1 aromatic carbocycles. The highest BCUT2D eigenvalue weighted by Crippen LogP contribution is 2.33. The lowest BCUT2D eigenvalue weighted by Gasteiger charge is -2.28. The van der Waals surface area contributed by atoms with E-state index in [0.717, 1.165) is 12.8 Å². The second kappa shape index (κ2) is 10.2. The van der Waals surface area contributed by atoms with Gasteiger partial charge in [0.15, 0.2) is 5.82 Å². The first-order chi connectivity index (χ1) is 16.3. The van der Waals surface area contributed by atoms with Gasteiger partial charge < -0.3 is 19.7 Å². The van der Waals surface area contributed by atoms with Crippen molar-refractivity contribution in [3.05, 3.63) is 54.2 Å². The maximum absolute atomic E-state index is 12.6. The third-order valence-electron chi connectivity index (χ3n) is 5.15. The van der Waals surface area contributed by atoms with Crippen LogP contribution >= 0.6 is 11.6 Å². The summed E-state index contributed by atoms with van der Waals surface area (Å²) in [5.41, 5.74) is 0.720. The van der Waals surface area contributed by atoms with Gasteiger partial charge in [-0.3, -0.25) is 0 Å². The van der Waals surface area contributed by atoms with E-state index in [-0.39, 0.29) is 18.0 Å². The molecule has 1 aliphatic rings. The van der Waals surface area contributed by atoms with Crippen molar-refractivity contribution >= 4 is 23.5 Å². The number of para-hydroxylation sites is 1. The van der Waals surface area contributed by atoms with Gasteiger partial charge in [-0.2, -0.15) is 0 Å². The Kier molecular flexibility index (Phi) is 7.12. The van der Waals surface area contributed by atoms with E-state index in [0.29, 0.717) is 40.9 Å². The minimum absolute atomic E-state index is 0.0352. The first-order valence-corrected chi connectivity index (χ1v) is 11.5. The summed E-state index contributed by atoms with van der Waals surface area (Å²) in [6.45, 7) is 6.72. The van der Waals surface area contributed by atoms with Crippen LogP contribution in [0, 0.1) is 0 Å². The number of carbonyl (C=O) groups excluding carboxylic acids is 1. The fourth-order valence-electron chi connectivity index (χ4n) is 3.59. The summed E-state index contributed by atoms with van der Waals surface area (Å²) in [6, 6.07) is 7.11. The molecule has 0 radical (unpaired) electrons. The summed E-state index contributed by atoms with van der Waals surface area (Å²) in [4.78, 5) is 31.7. The molecular weight excluding hydrogens is 456 g/mol. The average molecular weight is 483 g/mol. The number of anilines is 1. The number of nitrogens with one attached hydrogen (secondary N) is 1. The number of ether oxygens (including phenoxy) is 2. The van der Waals surface area contributed by atoms with Crippen molar-refractivity contribution < 1.29 is 14.3 Å². The molecule has 0 unspecified atom stereocenters. The molecule has 0 bridgehead atoms. The number of benzene rings is 1. The van der Waals surface area contributed by atoms with Gasteiger partial charge in [0.1, 0.15) is 17.7 Å². The Bertz CT molecular complexity index is 1140. The molecule has 34 heavy (non-hydrogen) atoms. The van der Waals surface area contributed by atoms with Crippen LogP contribution in [0.2, 0.25) is 5.02 Å². The standard InChI is InChI=1S/C24H27ClN6O3/c1-24(2,3)34-23(32)31-10-6-7-17(31)13-28-21-22(33-20-9-5-4-8-18(20)25)30-19(14-29-21)16-11-26-15-27-12-16/h4-5,8-9,11-12,14-15,17H,6-7,10,13H2,1-3H3,(H,28,29)/t17-/m0/s1. The van der Waals surface area contributed by atoms with Gasteiger partial charge in [0.2, 0.25) is 0 Å². The first kappa shape index (κ1) is 23.7. The van der Waals surface area contributed by atoms with E-state index in [1.807, 2.05) is 32.9 Å². The van der Waals surface area contributed by atoms with Crippen LogP contribution in [0.5, 0.6) is 11.6 Å². The number of aromatic nitrogens is 4. The lowest BCUT2D eigenvalue weighted by Crippen LogP contribution is -2.42. The van der Waals surface area contributed by atoms with E-state index >= 15 is 0 Å². The number of amides is 1. The van der Waals surface area contributed by atoms with E-state index in [4.69, 9.17) is 21.1 Å². The average Bonchev–Trinajstić information content (AvgIpc) is 3.28. The van der Waals surface area contributed by atoms with Crippen LogP contribution in [0.3, 0.4) is 0 Å². The second-order valence-electron chi connectivity index (χ2n) is 8.92. The largest absolute Gasteiger partial charge is 0.444 e. The first-order valence-electron chi connectivity index (χ1n) is 11.1. The third-order valence-corrected chi connectivity index (χ3v) is 5.46. The molecule has 0 spiro atoms. The number of hydrogen-bond donors (Lipinski definition) is 1. The van der Waals surface area contributed by atoms with Gasteiger partial charge in [-0.05, 0) is 45.7 Å². The van der Waals surface area contributed by atoms with Crippen molar-refractivity contribution in [2.75, 3.05) is 18.4 Å². The van der Waals surface area contributed by atoms with Gasteiger partial charge in [-0.25, -0.2) is 24.7 Å². The van der Waals surface area contributed by atoms with Gasteiger partial charge in [0, 0.05) is 31.0 Å². The van der Waals surface area contributed by atoms with Crippen molar-refractivity contribution in [2.45, 2.75) is 45.3 Å². The van der Waals surface area contributed by atoms with Crippen LogP contribution < -0.4 is 10.1 Å². The molecule has 3 aromatic rings. The monoisotopic (exact) mass is 482 g/mol. The molecule has 3 heterocycles. The van der Waals surface area contributed by atoms with E-state index in [1.54, 1.807) is 35.6 Å². The topological polar surface area (TPSA) is 102 Å². The molecule has 2 aromatic heterocycles. The number of hydrogen-bond acceptors (Lipinski definition) is 8. The van der Waals surface area contributed by atoms with Crippen molar-refractivity contribution in [3.63, 3.8) is 0 Å². The number of likely N-dealkylation sites (tertiary alicyclic amines) is 1. The minimum Gasteiger partial charge on any atom is -0.444 e. The molecule has 4 rings (SSSR count). The molecule has 1 atom stereocenters. The highest BCUT2D eigenvalue weighted by molar-refractivity contribution is 6.32. The van der Waals surface area contributed by atoms with Crippen LogP contribution in [-0.4, -0.2) is 55.7 Å². The molecule has 1 amide bonds. The Morgan fingerprint density at radius 3 is 2.71 bits per heavy atom. The molecule has 0 saturated carbocycles. The Morgan fingerprint density at radius 2 is 1.97 bits per heavy atom. The normalized spacial score (nSPS) is 15.8. The number of carbonyl (C=O) groups is 1. The summed E-state index contributed by atoms with van der Waals surface area (Å²) in [5.74, 6) is 1.16. The molecule has 0 aliphatic carbocycles. The zero-order valence-corrected chi connectivity index (χ0v) is 20.1. The fraction of sp³-hybridized carbons (Fsp3) is 0.375. The fourth-order valence-corrected chi connectivity index (χ4v) is 3.76. The zero-order chi connectivity index (χ0) is 24.1. The summed E-state index contributed by atoms with van der Waals surface area (Å²) in [6.07, 6.45) is 7.84. The van der Waals surface area contributed by atoms with Crippen molar-refractivity contribution in [1.29, 1.82) is 0 Å². The molecule has 1 saturated heterocycles. The van der Waals surface area contributed by atoms with Crippen LogP contribution in [0.4, 0.5) is 10.6 Å². The van der Waals surface area contributed by atoms with Crippen LogP contribution in [-0.2, 0) is 4.74 Å². The van der Waals surface area contributed by atoms with Gasteiger partial charge in [-0.15, -0.1) is 0 Å². The van der Waals surface area contributed by atoms with Gasteiger partial charge >= 0.3 is 6.09 Å². The minimum atomic E-state index is -0.546. The van der Waals surface area contributed by atoms with Gasteiger partial charge in [0.05, 0.1) is 23.0 Å². The van der Waals surface area contributed by atoms with Gasteiger partial charge in [-0.1, -0.05) is 23.7 Å². The molecule has 9 nitrogen and oxygen atoms in total. The smallest absolute Gasteiger partial charge is 0.410 e. The maximum Gasteiger partial charge on any atom is 0.410 e. The molecular formula is C24H27ClN6O3. The SMILES string of the molecule is CC(C)(C)OC(=O)N1CCC[C@H]1CNc1ncc(-c2cncnc2)nc1Oc1ccccc1Cl. The molecule has 1 fully saturated rings. The Morgan fingerprint density at radius 1 is 1.21 bits per heavy atom. The molecule has 1 N–H and O–H groups in total. The highest BCUT2D eigenvalue weighted by atomic mass is 35.5. The van der Waals surface area contributed by atoms with Crippen LogP contribution in [0.25, 0.3) is 11.3 Å². The number of rotatable bonds is 6. The quantitative estimate of drug-likeness (QED) is 0.512. The van der Waals surface area contributed by atoms with E-state index in [9.17, 15) is 4.79 Å². The Labute approximate surface area is 203 Å². The summed E-state index contributed by atoms with van der Waals surface area (Å²) in [5, 5.41) is 3.75. The summed E-state index contributed by atoms with van der Waals surface area (Å²) in [7, 11) is 0. The Hall–Kier alpha value is -3.46. The van der Waals surface area contributed by atoms with E-state index < -0.39 is 5.60 Å². The number of halogens is 1. The zero-order valence-electron chi connectivity index (χ0n) is 19.4. The molecule has 1 aliphatic heterocycles. The van der Waals surface area contributed by atoms with Crippen molar-refractivity contribution in [2.24, 2.45) is 0 Å². The summed E-state index contributed by atoms with van der Waals surface area (Å²) < 4.78 is 11.6. The second-order valence-corrected chi connectivity index (χ2v) is 9.33. The lowest BCUT2D eigenvalue weighted by molar-refractivity contribution is 0.0235. The lowest BCUT2D eigenvalue weighted by atomic mass is 10.2. The predicted octanol–water partition coefficient (Wildman–Crippen LogP) is 5.19. The van der Waals surface area contributed by atoms with E-state index in [1.165, 1.54) is 6.33 Å². The van der Waals surface area contributed by atoms with Crippen molar-refractivity contribution in [3.8, 4) is 22.9 Å². The predicted molar refractivity (Wildman–Crippen MR) is 129 cm³/mol.